The average Bonchev–Trinajstić information content (AvgIpc) is 2.92. The maximum atomic E-state index is 6.14. The van der Waals surface area contributed by atoms with Crippen LogP contribution in [0.1, 0.15) is 12.5 Å². The van der Waals surface area contributed by atoms with E-state index in [0.29, 0.717) is 11.8 Å². The standard InChI is InChI=1S/C18H21ClN2OSi/c1-4-23(2,3)22-13-14-6-5-7-15(10-14)16-8-9-18-20-17(19)12-21(18)11-16/h5-12H,4,13H2,1-3H3. The van der Waals surface area contributed by atoms with E-state index in [9.17, 15) is 0 Å². The Balaban J connectivity index is 1.85. The van der Waals surface area contributed by atoms with Gasteiger partial charge in [0.25, 0.3) is 0 Å². The molecule has 0 aliphatic heterocycles. The smallest absolute Gasteiger partial charge is 0.186 e. The minimum Gasteiger partial charge on any atom is -0.413 e. The molecule has 0 N–H and O–H groups in total. The van der Waals surface area contributed by atoms with E-state index in [1.165, 1.54) is 11.1 Å². The van der Waals surface area contributed by atoms with Crippen molar-refractivity contribution in [2.24, 2.45) is 0 Å². The Morgan fingerprint density at radius 2 is 1.96 bits per heavy atom. The Bertz CT molecular complexity index is 829. The summed E-state index contributed by atoms with van der Waals surface area (Å²) in [5.74, 6) is 0. The molecule has 0 aliphatic carbocycles. The second-order valence-electron chi connectivity index (χ2n) is 6.35. The van der Waals surface area contributed by atoms with Gasteiger partial charge in [0, 0.05) is 12.4 Å². The Morgan fingerprint density at radius 1 is 1.13 bits per heavy atom. The van der Waals surface area contributed by atoms with E-state index in [-0.39, 0.29) is 0 Å². The van der Waals surface area contributed by atoms with Crippen molar-refractivity contribution in [2.45, 2.75) is 32.7 Å². The van der Waals surface area contributed by atoms with Crippen molar-refractivity contribution in [1.29, 1.82) is 0 Å². The van der Waals surface area contributed by atoms with E-state index < -0.39 is 8.32 Å². The number of halogens is 1. The molecule has 120 valence electrons. The van der Waals surface area contributed by atoms with E-state index in [4.69, 9.17) is 16.0 Å². The summed E-state index contributed by atoms with van der Waals surface area (Å²) < 4.78 is 8.09. The fourth-order valence-corrected chi connectivity index (χ4v) is 3.31. The van der Waals surface area contributed by atoms with Gasteiger partial charge in [-0.05, 0) is 54.0 Å². The molecule has 0 fully saturated rings. The number of benzene rings is 1. The van der Waals surface area contributed by atoms with Gasteiger partial charge in [-0.2, -0.15) is 0 Å². The van der Waals surface area contributed by atoms with Crippen LogP contribution in [-0.2, 0) is 11.0 Å². The first-order chi connectivity index (χ1) is 11.0. The van der Waals surface area contributed by atoms with Gasteiger partial charge in [-0.15, -0.1) is 0 Å². The van der Waals surface area contributed by atoms with E-state index in [2.05, 4.69) is 61.5 Å². The van der Waals surface area contributed by atoms with E-state index in [1.54, 1.807) is 0 Å². The van der Waals surface area contributed by atoms with Crippen molar-refractivity contribution in [2.75, 3.05) is 0 Å². The number of hydrogen-bond acceptors (Lipinski definition) is 2. The van der Waals surface area contributed by atoms with Crippen molar-refractivity contribution in [3.63, 3.8) is 0 Å². The number of aromatic nitrogens is 2. The fourth-order valence-electron chi connectivity index (χ4n) is 2.35. The molecule has 0 amide bonds. The first kappa shape index (κ1) is 16.2. The number of nitrogens with zero attached hydrogens (tertiary/aromatic N) is 2. The first-order valence-electron chi connectivity index (χ1n) is 7.84. The molecule has 0 bridgehead atoms. The molecule has 5 heteroatoms. The van der Waals surface area contributed by atoms with Crippen LogP contribution in [0.25, 0.3) is 16.8 Å². The lowest BCUT2D eigenvalue weighted by Crippen LogP contribution is -2.28. The Labute approximate surface area is 143 Å². The van der Waals surface area contributed by atoms with Crippen LogP contribution in [0.3, 0.4) is 0 Å². The van der Waals surface area contributed by atoms with Gasteiger partial charge in [-0.1, -0.05) is 36.7 Å². The molecule has 23 heavy (non-hydrogen) atoms. The third kappa shape index (κ3) is 3.83. The number of fused-ring (bicyclic) bond motifs is 1. The predicted molar refractivity (Wildman–Crippen MR) is 98.4 cm³/mol. The van der Waals surface area contributed by atoms with Crippen LogP contribution in [0, 0.1) is 0 Å². The van der Waals surface area contributed by atoms with Crippen molar-refractivity contribution in [1.82, 2.24) is 9.38 Å². The van der Waals surface area contributed by atoms with Crippen LogP contribution in [0.5, 0.6) is 0 Å². The SMILES string of the molecule is CC[Si](C)(C)OCc1cccc(-c2ccc3nc(Cl)cn3c2)c1. The monoisotopic (exact) mass is 344 g/mol. The quantitative estimate of drug-likeness (QED) is 0.579. The summed E-state index contributed by atoms with van der Waals surface area (Å²) in [6, 6.07) is 13.7. The number of pyridine rings is 1. The van der Waals surface area contributed by atoms with Crippen molar-refractivity contribution >= 4 is 25.6 Å². The maximum Gasteiger partial charge on any atom is 0.186 e. The van der Waals surface area contributed by atoms with Crippen LogP contribution in [0.15, 0.2) is 48.8 Å². The highest BCUT2D eigenvalue weighted by Crippen LogP contribution is 2.23. The molecule has 1 aromatic carbocycles. The average molecular weight is 345 g/mol. The summed E-state index contributed by atoms with van der Waals surface area (Å²) in [6.45, 7) is 7.40. The molecule has 0 atom stereocenters. The van der Waals surface area contributed by atoms with Crippen molar-refractivity contribution in [3.8, 4) is 11.1 Å². The summed E-state index contributed by atoms with van der Waals surface area (Å²) in [4.78, 5) is 4.24. The highest BCUT2D eigenvalue weighted by atomic mass is 35.5. The van der Waals surface area contributed by atoms with Gasteiger partial charge in [-0.25, -0.2) is 4.98 Å². The van der Waals surface area contributed by atoms with Gasteiger partial charge in [0.05, 0.1) is 6.61 Å². The van der Waals surface area contributed by atoms with Crippen molar-refractivity contribution in [3.05, 3.63) is 59.5 Å². The predicted octanol–water partition coefficient (Wildman–Crippen LogP) is 5.40. The zero-order valence-corrected chi connectivity index (χ0v) is 15.5. The largest absolute Gasteiger partial charge is 0.413 e. The molecule has 0 spiro atoms. The lowest BCUT2D eigenvalue weighted by atomic mass is 10.1. The number of hydrogen-bond donors (Lipinski definition) is 0. The summed E-state index contributed by atoms with van der Waals surface area (Å²) in [7, 11) is -1.52. The van der Waals surface area contributed by atoms with Crippen LogP contribution in [0.4, 0.5) is 0 Å². The van der Waals surface area contributed by atoms with E-state index >= 15 is 0 Å². The highest BCUT2D eigenvalue weighted by Gasteiger charge is 2.19. The number of imidazole rings is 1. The molecule has 0 saturated heterocycles. The van der Waals surface area contributed by atoms with Crippen molar-refractivity contribution < 1.29 is 4.43 Å². The second kappa shape index (κ2) is 6.47. The minimum atomic E-state index is -1.52. The third-order valence-corrected chi connectivity index (χ3v) is 6.97. The van der Waals surface area contributed by atoms with Gasteiger partial charge in [0.1, 0.15) is 10.8 Å². The van der Waals surface area contributed by atoms with Crippen LogP contribution >= 0.6 is 11.6 Å². The zero-order chi connectivity index (χ0) is 16.4. The van der Waals surface area contributed by atoms with Crippen LogP contribution < -0.4 is 0 Å². The van der Waals surface area contributed by atoms with Crippen LogP contribution in [-0.4, -0.2) is 17.7 Å². The van der Waals surface area contributed by atoms with E-state index in [1.807, 2.05) is 16.7 Å². The molecule has 3 aromatic rings. The third-order valence-electron chi connectivity index (χ3n) is 4.16. The summed E-state index contributed by atoms with van der Waals surface area (Å²) >= 11 is 5.96. The lowest BCUT2D eigenvalue weighted by Gasteiger charge is -2.21. The fraction of sp³-hybridized carbons (Fsp3) is 0.278. The van der Waals surface area contributed by atoms with Gasteiger partial charge in [0.15, 0.2) is 8.32 Å². The maximum absolute atomic E-state index is 6.14. The molecule has 2 heterocycles. The Hall–Kier alpha value is -1.62. The second-order valence-corrected chi connectivity index (χ2v) is 11.3. The molecule has 0 unspecified atom stereocenters. The summed E-state index contributed by atoms with van der Waals surface area (Å²) in [6.07, 6.45) is 3.88. The lowest BCUT2D eigenvalue weighted by molar-refractivity contribution is 0.295. The summed E-state index contributed by atoms with van der Waals surface area (Å²) in [5.41, 5.74) is 4.38. The molecule has 0 aliphatic rings. The molecule has 2 aromatic heterocycles. The summed E-state index contributed by atoms with van der Waals surface area (Å²) in [5, 5.41) is 0.510. The Morgan fingerprint density at radius 3 is 2.74 bits per heavy atom. The normalized spacial score (nSPS) is 12.0. The first-order valence-corrected chi connectivity index (χ1v) is 11.3. The van der Waals surface area contributed by atoms with Crippen LogP contribution in [0.2, 0.25) is 24.3 Å². The number of rotatable bonds is 5. The van der Waals surface area contributed by atoms with E-state index in [0.717, 1.165) is 17.3 Å². The highest BCUT2D eigenvalue weighted by molar-refractivity contribution is 6.71. The zero-order valence-electron chi connectivity index (χ0n) is 13.7. The molecule has 0 radical (unpaired) electrons. The molecule has 0 saturated carbocycles. The molecular weight excluding hydrogens is 324 g/mol. The topological polar surface area (TPSA) is 26.5 Å². The Kier molecular flexibility index (Phi) is 4.57. The van der Waals surface area contributed by atoms with Gasteiger partial charge >= 0.3 is 0 Å². The molecule has 3 nitrogen and oxygen atoms in total. The van der Waals surface area contributed by atoms with Gasteiger partial charge < -0.3 is 8.83 Å². The molecular formula is C18H21ClN2OSi. The van der Waals surface area contributed by atoms with Gasteiger partial charge in [0.2, 0.25) is 0 Å². The minimum absolute atomic E-state index is 0.510. The van der Waals surface area contributed by atoms with Gasteiger partial charge in [-0.3, -0.25) is 0 Å². The molecule has 3 rings (SSSR count).